The van der Waals surface area contributed by atoms with Gasteiger partial charge in [-0.05, 0) is 45.1 Å². The summed E-state index contributed by atoms with van der Waals surface area (Å²) in [5, 5.41) is 0. The minimum Gasteiger partial charge on any atom is -0.302 e. The molecule has 1 aliphatic heterocycles. The molecule has 1 fully saturated rings. The highest BCUT2D eigenvalue weighted by Crippen LogP contribution is 2.07. The van der Waals surface area contributed by atoms with Gasteiger partial charge in [0.2, 0.25) is 0 Å². The van der Waals surface area contributed by atoms with Gasteiger partial charge in [0.25, 0.3) is 5.91 Å². The molecule has 6 heteroatoms. The van der Waals surface area contributed by atoms with Gasteiger partial charge in [0.1, 0.15) is 5.69 Å². The number of hydrogen-bond acceptors (Lipinski definition) is 5. The van der Waals surface area contributed by atoms with Crippen LogP contribution in [0, 0.1) is 0 Å². The van der Waals surface area contributed by atoms with Crippen molar-refractivity contribution in [3.63, 3.8) is 0 Å². The molecule has 1 aromatic rings. The summed E-state index contributed by atoms with van der Waals surface area (Å²) < 4.78 is 0. The van der Waals surface area contributed by atoms with E-state index in [1.165, 1.54) is 25.9 Å². The summed E-state index contributed by atoms with van der Waals surface area (Å²) in [7, 11) is 2.08. The predicted octanol–water partition coefficient (Wildman–Crippen LogP) is 0.213. The number of nitrogens with one attached hydrogen (secondary N) is 1. The van der Waals surface area contributed by atoms with Gasteiger partial charge >= 0.3 is 0 Å². The van der Waals surface area contributed by atoms with Crippen molar-refractivity contribution in [3.8, 4) is 0 Å². The largest absolute Gasteiger partial charge is 0.302 e. The standard InChI is InChI=1S/C14H23N5O/c1-18(9-10-19-7-2-3-8-19)11-12-5-4-6-13(16-12)14(20)17-15/h4-6H,2-3,7-11,15H2,1H3,(H,17,20). The maximum Gasteiger partial charge on any atom is 0.283 e. The van der Waals surface area contributed by atoms with Crippen LogP contribution in [0.25, 0.3) is 0 Å². The molecule has 3 N–H and O–H groups in total. The molecule has 1 saturated heterocycles. The Bertz CT molecular complexity index is 445. The second kappa shape index (κ2) is 7.33. The first-order valence-electron chi connectivity index (χ1n) is 7.07. The first kappa shape index (κ1) is 14.9. The van der Waals surface area contributed by atoms with E-state index in [-0.39, 0.29) is 5.91 Å². The number of carbonyl (C=O) groups excluding carboxylic acids is 1. The van der Waals surface area contributed by atoms with Crippen LogP contribution in [-0.2, 0) is 6.54 Å². The number of pyridine rings is 1. The molecule has 0 atom stereocenters. The van der Waals surface area contributed by atoms with E-state index in [9.17, 15) is 4.79 Å². The minimum absolute atomic E-state index is 0.355. The molecule has 1 aromatic heterocycles. The lowest BCUT2D eigenvalue weighted by Crippen LogP contribution is -2.32. The van der Waals surface area contributed by atoms with Crippen LogP contribution in [0.3, 0.4) is 0 Å². The SMILES string of the molecule is CN(CCN1CCCC1)Cc1cccc(C(=O)NN)n1. The molecule has 0 unspecified atom stereocenters. The van der Waals surface area contributed by atoms with Gasteiger partial charge in [-0.2, -0.15) is 0 Å². The van der Waals surface area contributed by atoms with Crippen LogP contribution in [0.15, 0.2) is 18.2 Å². The monoisotopic (exact) mass is 277 g/mol. The zero-order valence-corrected chi connectivity index (χ0v) is 12.0. The third-order valence-corrected chi connectivity index (χ3v) is 3.60. The zero-order chi connectivity index (χ0) is 14.4. The minimum atomic E-state index is -0.355. The van der Waals surface area contributed by atoms with Crippen LogP contribution < -0.4 is 11.3 Å². The number of nitrogen functional groups attached to an aromatic ring is 1. The highest BCUT2D eigenvalue weighted by atomic mass is 16.2. The summed E-state index contributed by atoms with van der Waals surface area (Å²) in [5.74, 6) is 4.76. The van der Waals surface area contributed by atoms with E-state index >= 15 is 0 Å². The topological polar surface area (TPSA) is 74.5 Å². The second-order valence-electron chi connectivity index (χ2n) is 5.27. The fraction of sp³-hybridized carbons (Fsp3) is 0.571. The highest BCUT2D eigenvalue weighted by Gasteiger charge is 2.12. The smallest absolute Gasteiger partial charge is 0.283 e. The molecule has 1 amide bonds. The van der Waals surface area contributed by atoms with Crippen molar-refractivity contribution in [2.24, 2.45) is 5.84 Å². The highest BCUT2D eigenvalue weighted by molar-refractivity contribution is 5.91. The Morgan fingerprint density at radius 3 is 2.90 bits per heavy atom. The summed E-state index contributed by atoms with van der Waals surface area (Å²) in [6.45, 7) is 5.28. The number of rotatable bonds is 6. The lowest BCUT2D eigenvalue weighted by Gasteiger charge is -2.21. The molecule has 0 saturated carbocycles. The van der Waals surface area contributed by atoms with Crippen molar-refractivity contribution in [1.82, 2.24) is 20.2 Å². The van der Waals surface area contributed by atoms with Crippen molar-refractivity contribution in [2.75, 3.05) is 33.2 Å². The van der Waals surface area contributed by atoms with Crippen molar-refractivity contribution in [3.05, 3.63) is 29.6 Å². The number of aromatic nitrogens is 1. The first-order chi connectivity index (χ1) is 9.69. The van der Waals surface area contributed by atoms with Crippen molar-refractivity contribution >= 4 is 5.91 Å². The number of nitrogens with two attached hydrogens (primary N) is 1. The average molecular weight is 277 g/mol. The molecule has 1 aliphatic rings. The third-order valence-electron chi connectivity index (χ3n) is 3.60. The van der Waals surface area contributed by atoms with Gasteiger partial charge in [0.15, 0.2) is 0 Å². The van der Waals surface area contributed by atoms with Gasteiger partial charge in [0.05, 0.1) is 5.69 Å². The third kappa shape index (κ3) is 4.26. The van der Waals surface area contributed by atoms with Crippen LogP contribution in [0.1, 0.15) is 29.0 Å². The Morgan fingerprint density at radius 1 is 1.45 bits per heavy atom. The van der Waals surface area contributed by atoms with Crippen LogP contribution in [0.4, 0.5) is 0 Å². The quantitative estimate of drug-likeness (QED) is 0.442. The predicted molar refractivity (Wildman–Crippen MR) is 77.9 cm³/mol. The van der Waals surface area contributed by atoms with Crippen LogP contribution in [-0.4, -0.2) is 53.9 Å². The van der Waals surface area contributed by atoms with E-state index in [0.29, 0.717) is 5.69 Å². The second-order valence-corrected chi connectivity index (χ2v) is 5.27. The van der Waals surface area contributed by atoms with Gasteiger partial charge in [-0.1, -0.05) is 6.07 Å². The van der Waals surface area contributed by atoms with E-state index in [0.717, 1.165) is 25.3 Å². The maximum atomic E-state index is 11.4. The van der Waals surface area contributed by atoms with Gasteiger partial charge < -0.3 is 4.90 Å². The number of nitrogens with zero attached hydrogens (tertiary/aromatic N) is 3. The molecule has 2 heterocycles. The molecule has 0 aromatic carbocycles. The van der Waals surface area contributed by atoms with E-state index in [4.69, 9.17) is 5.84 Å². The number of carbonyl (C=O) groups is 1. The van der Waals surface area contributed by atoms with Crippen molar-refractivity contribution in [1.29, 1.82) is 0 Å². The number of hydrogen-bond donors (Lipinski definition) is 2. The van der Waals surface area contributed by atoms with E-state index in [2.05, 4.69) is 27.3 Å². The maximum absolute atomic E-state index is 11.4. The summed E-state index contributed by atoms with van der Waals surface area (Å²) in [5.41, 5.74) is 3.35. The van der Waals surface area contributed by atoms with E-state index < -0.39 is 0 Å². The molecule has 0 aliphatic carbocycles. The summed E-state index contributed by atoms with van der Waals surface area (Å²) in [4.78, 5) is 20.5. The Balaban J connectivity index is 1.83. The van der Waals surface area contributed by atoms with Gasteiger partial charge in [-0.3, -0.25) is 15.1 Å². The number of amides is 1. The molecule has 20 heavy (non-hydrogen) atoms. The zero-order valence-electron chi connectivity index (χ0n) is 12.0. The molecule has 110 valence electrons. The molecular weight excluding hydrogens is 254 g/mol. The number of likely N-dealkylation sites (tertiary alicyclic amines) is 1. The number of hydrazine groups is 1. The number of likely N-dealkylation sites (N-methyl/N-ethyl adjacent to an activating group) is 1. The normalized spacial score (nSPS) is 15.8. The fourth-order valence-corrected chi connectivity index (χ4v) is 2.44. The summed E-state index contributed by atoms with van der Waals surface area (Å²) >= 11 is 0. The molecule has 6 nitrogen and oxygen atoms in total. The van der Waals surface area contributed by atoms with Gasteiger partial charge in [0, 0.05) is 19.6 Å². The molecule has 2 rings (SSSR count). The Hall–Kier alpha value is -1.50. The fourth-order valence-electron chi connectivity index (χ4n) is 2.44. The van der Waals surface area contributed by atoms with Gasteiger partial charge in [-0.25, -0.2) is 10.8 Å². The van der Waals surface area contributed by atoms with Gasteiger partial charge in [-0.15, -0.1) is 0 Å². The lowest BCUT2D eigenvalue weighted by atomic mass is 10.3. The molecular formula is C14H23N5O. The Kier molecular flexibility index (Phi) is 5.46. The van der Waals surface area contributed by atoms with Crippen LogP contribution in [0.2, 0.25) is 0 Å². The molecule has 0 bridgehead atoms. The van der Waals surface area contributed by atoms with Crippen molar-refractivity contribution in [2.45, 2.75) is 19.4 Å². The molecule has 0 spiro atoms. The lowest BCUT2D eigenvalue weighted by molar-refractivity contribution is 0.0948. The average Bonchev–Trinajstić information content (AvgIpc) is 2.98. The molecule has 0 radical (unpaired) electrons. The Morgan fingerprint density at radius 2 is 2.20 bits per heavy atom. The van der Waals surface area contributed by atoms with Crippen LogP contribution >= 0.6 is 0 Å². The van der Waals surface area contributed by atoms with E-state index in [1.54, 1.807) is 6.07 Å². The first-order valence-corrected chi connectivity index (χ1v) is 7.07. The Labute approximate surface area is 119 Å². The van der Waals surface area contributed by atoms with Crippen molar-refractivity contribution < 1.29 is 4.79 Å². The summed E-state index contributed by atoms with van der Waals surface area (Å²) in [6.07, 6.45) is 2.64. The van der Waals surface area contributed by atoms with Crippen LogP contribution in [0.5, 0.6) is 0 Å². The van der Waals surface area contributed by atoms with E-state index in [1.807, 2.05) is 12.1 Å². The summed E-state index contributed by atoms with van der Waals surface area (Å²) in [6, 6.07) is 5.43.